The number of rotatable bonds is 17. The molecular weight excluding hydrogens is 666 g/mol. The van der Waals surface area contributed by atoms with Crippen LogP contribution in [0.25, 0.3) is 11.1 Å². The van der Waals surface area contributed by atoms with Crippen LogP contribution in [0.5, 0.6) is 11.6 Å². The van der Waals surface area contributed by atoms with Crippen molar-refractivity contribution in [2.45, 2.75) is 83.3 Å². The van der Waals surface area contributed by atoms with Gasteiger partial charge in [-0.2, -0.15) is 5.26 Å². The average Bonchev–Trinajstić information content (AvgIpc) is 3.81. The lowest BCUT2D eigenvalue weighted by Crippen LogP contribution is -2.55. The first kappa shape index (κ1) is 37.1. The molecule has 2 fully saturated rings. The number of aromatic nitrogens is 8. The molecule has 1 aromatic carbocycles. The second-order valence-electron chi connectivity index (χ2n) is 13.7. The molecule has 2 N–H and O–H groups in total. The molecule has 1 aliphatic carbocycles. The molecule has 1 unspecified atom stereocenters. The van der Waals surface area contributed by atoms with E-state index in [2.05, 4.69) is 56.0 Å². The molecule has 0 radical (unpaired) electrons. The number of morpholine rings is 1. The van der Waals surface area contributed by atoms with Gasteiger partial charge in [-0.3, -0.25) is 4.68 Å². The SMILES string of the molecule is COCCOCCCOc1nn(C2CCC([C@@]3(C)CNC[C@@H](C)O3)CC2)cc1Nc1ncc(-c2ccc(C#N)c(OC(C)Cn3cnnn3)c2)cn1. The molecule has 1 aliphatic heterocycles. The first-order valence-corrected chi connectivity index (χ1v) is 18.0. The van der Waals surface area contributed by atoms with Gasteiger partial charge in [-0.15, -0.1) is 10.2 Å². The Morgan fingerprint density at radius 3 is 2.67 bits per heavy atom. The van der Waals surface area contributed by atoms with E-state index in [0.717, 1.165) is 49.9 Å². The van der Waals surface area contributed by atoms with Crippen LogP contribution in [0.15, 0.2) is 43.1 Å². The van der Waals surface area contributed by atoms with E-state index in [9.17, 15) is 5.26 Å². The van der Waals surface area contributed by atoms with Gasteiger partial charge in [0.25, 0.3) is 5.88 Å². The monoisotopic (exact) mass is 715 g/mol. The van der Waals surface area contributed by atoms with Crippen LogP contribution < -0.4 is 20.1 Å². The third-order valence-electron chi connectivity index (χ3n) is 9.61. The minimum atomic E-state index is -0.278. The Kier molecular flexibility index (Phi) is 12.6. The molecule has 6 rings (SSSR count). The Labute approximate surface area is 304 Å². The molecular formula is C36H49N11O5. The molecule has 0 amide bonds. The Balaban J connectivity index is 1.13. The van der Waals surface area contributed by atoms with Gasteiger partial charge in [-0.1, -0.05) is 6.07 Å². The highest BCUT2D eigenvalue weighted by molar-refractivity contribution is 5.67. The van der Waals surface area contributed by atoms with Crippen molar-refractivity contribution >= 4 is 11.6 Å². The molecule has 3 aromatic heterocycles. The second-order valence-corrected chi connectivity index (χ2v) is 13.7. The number of hydrogen-bond donors (Lipinski definition) is 2. The van der Waals surface area contributed by atoms with Gasteiger partial charge in [0, 0.05) is 51.2 Å². The van der Waals surface area contributed by atoms with E-state index in [1.807, 2.05) is 29.9 Å². The Hall–Kier alpha value is -4.69. The van der Waals surface area contributed by atoms with E-state index in [4.69, 9.17) is 28.8 Å². The van der Waals surface area contributed by atoms with Crippen molar-refractivity contribution in [3.63, 3.8) is 0 Å². The van der Waals surface area contributed by atoms with Crippen molar-refractivity contribution in [2.24, 2.45) is 5.92 Å². The zero-order valence-corrected chi connectivity index (χ0v) is 30.4. The van der Waals surface area contributed by atoms with Crippen molar-refractivity contribution in [3.8, 4) is 28.8 Å². The lowest BCUT2D eigenvalue weighted by Gasteiger charge is -2.46. The summed E-state index contributed by atoms with van der Waals surface area (Å²) >= 11 is 0. The fraction of sp³-hybridized carbons (Fsp3) is 0.583. The van der Waals surface area contributed by atoms with Crippen LogP contribution in [0, 0.1) is 17.2 Å². The van der Waals surface area contributed by atoms with Crippen LogP contribution >= 0.6 is 0 Å². The summed E-state index contributed by atoms with van der Waals surface area (Å²) in [5, 5.41) is 32.7. The van der Waals surface area contributed by atoms with Gasteiger partial charge in [0.05, 0.1) is 55.9 Å². The summed E-state index contributed by atoms with van der Waals surface area (Å²) in [6, 6.07) is 7.85. The molecule has 4 aromatic rings. The fourth-order valence-corrected chi connectivity index (χ4v) is 6.92. The summed E-state index contributed by atoms with van der Waals surface area (Å²) in [5.74, 6) is 1.86. The topological polar surface area (TPSA) is 181 Å². The molecule has 16 nitrogen and oxygen atoms in total. The fourth-order valence-electron chi connectivity index (χ4n) is 6.92. The lowest BCUT2D eigenvalue weighted by atomic mass is 9.75. The number of nitrogens with one attached hydrogen (secondary N) is 2. The third-order valence-corrected chi connectivity index (χ3v) is 9.61. The Morgan fingerprint density at radius 1 is 1.12 bits per heavy atom. The molecule has 278 valence electrons. The molecule has 16 heteroatoms. The normalized spacial score (nSPS) is 22.4. The van der Waals surface area contributed by atoms with Crippen molar-refractivity contribution in [1.29, 1.82) is 5.26 Å². The first-order valence-electron chi connectivity index (χ1n) is 18.0. The van der Waals surface area contributed by atoms with E-state index in [1.54, 1.807) is 30.3 Å². The van der Waals surface area contributed by atoms with Crippen LogP contribution in [0.1, 0.15) is 64.5 Å². The summed E-state index contributed by atoms with van der Waals surface area (Å²) in [7, 11) is 1.66. The van der Waals surface area contributed by atoms with Crippen LogP contribution in [0.4, 0.5) is 11.6 Å². The number of anilines is 2. The molecule has 2 aliphatic rings. The number of tetrazole rings is 1. The predicted molar refractivity (Wildman–Crippen MR) is 191 cm³/mol. The van der Waals surface area contributed by atoms with Gasteiger partial charge in [-0.05, 0) is 80.5 Å². The second kappa shape index (κ2) is 17.7. The smallest absolute Gasteiger partial charge is 0.256 e. The van der Waals surface area contributed by atoms with Gasteiger partial charge in [-0.25, -0.2) is 14.6 Å². The van der Waals surface area contributed by atoms with Crippen molar-refractivity contribution in [3.05, 3.63) is 48.7 Å². The maximum absolute atomic E-state index is 9.69. The van der Waals surface area contributed by atoms with Gasteiger partial charge < -0.3 is 34.3 Å². The molecule has 4 heterocycles. The zero-order valence-electron chi connectivity index (χ0n) is 30.4. The quantitative estimate of drug-likeness (QED) is 0.147. The van der Waals surface area contributed by atoms with E-state index in [0.29, 0.717) is 74.1 Å². The predicted octanol–water partition coefficient (Wildman–Crippen LogP) is 4.34. The number of nitrogens with zero attached hydrogens (tertiary/aromatic N) is 9. The van der Waals surface area contributed by atoms with Crippen LogP contribution in [0.3, 0.4) is 0 Å². The molecule has 1 saturated heterocycles. The Morgan fingerprint density at radius 2 is 1.94 bits per heavy atom. The standard InChI is InChI=1S/C36H49N11O5/c1-25-18-38-23-36(3,52-25)30-8-10-31(11-9-30)47-22-32(34(43-47)50-13-5-12-49-15-14-48-4)42-35-39-19-29(20-40-35)27-6-7-28(17-37)33(16-27)51-26(2)21-46-24-41-44-45-46/h6-7,16,19-20,22,24-26,30-31,38H,5,8-15,18,21,23H2,1-4H3,(H,39,40,42)/t25-,26?,30?,31?,36-/m1/s1. The summed E-state index contributed by atoms with van der Waals surface area (Å²) in [5.41, 5.74) is 2.55. The van der Waals surface area contributed by atoms with E-state index in [-0.39, 0.29) is 23.9 Å². The minimum absolute atomic E-state index is 0.149. The maximum Gasteiger partial charge on any atom is 0.256 e. The Bertz CT molecular complexity index is 1740. The summed E-state index contributed by atoms with van der Waals surface area (Å²) in [4.78, 5) is 9.22. The molecule has 0 spiro atoms. The number of nitriles is 1. The molecule has 1 saturated carbocycles. The minimum Gasteiger partial charge on any atom is -0.487 e. The van der Waals surface area contributed by atoms with Gasteiger partial charge in [0.15, 0.2) is 0 Å². The van der Waals surface area contributed by atoms with Crippen LogP contribution in [-0.2, 0) is 20.8 Å². The van der Waals surface area contributed by atoms with E-state index in [1.165, 1.54) is 6.33 Å². The van der Waals surface area contributed by atoms with Gasteiger partial charge in [0.2, 0.25) is 5.95 Å². The van der Waals surface area contributed by atoms with Crippen molar-refractivity contribution < 1.29 is 23.7 Å². The number of benzene rings is 1. The number of ether oxygens (including phenoxy) is 5. The van der Waals surface area contributed by atoms with E-state index >= 15 is 0 Å². The highest BCUT2D eigenvalue weighted by atomic mass is 16.5. The summed E-state index contributed by atoms with van der Waals surface area (Å²) in [6.45, 7) is 10.6. The van der Waals surface area contributed by atoms with Crippen molar-refractivity contribution in [2.75, 3.05) is 51.9 Å². The highest BCUT2D eigenvalue weighted by Gasteiger charge is 2.41. The number of hydrogen-bond acceptors (Lipinski definition) is 14. The van der Waals surface area contributed by atoms with Gasteiger partial charge >= 0.3 is 0 Å². The average molecular weight is 716 g/mol. The third kappa shape index (κ3) is 9.59. The molecule has 0 bridgehead atoms. The van der Waals surface area contributed by atoms with Crippen LogP contribution in [0.2, 0.25) is 0 Å². The summed E-state index contributed by atoms with van der Waals surface area (Å²) < 4.78 is 33.0. The lowest BCUT2D eigenvalue weighted by molar-refractivity contribution is -0.138. The molecule has 3 atom stereocenters. The summed E-state index contributed by atoms with van der Waals surface area (Å²) in [6.07, 6.45) is 11.8. The highest BCUT2D eigenvalue weighted by Crippen LogP contribution is 2.41. The van der Waals surface area contributed by atoms with Gasteiger partial charge in [0.1, 0.15) is 29.9 Å². The van der Waals surface area contributed by atoms with Crippen molar-refractivity contribution in [1.82, 2.24) is 45.3 Å². The maximum atomic E-state index is 9.69. The van der Waals surface area contributed by atoms with E-state index < -0.39 is 0 Å². The first-order chi connectivity index (χ1) is 25.3. The molecule has 52 heavy (non-hydrogen) atoms. The zero-order chi connectivity index (χ0) is 36.3. The number of methoxy groups -OCH3 is 1. The van der Waals surface area contributed by atoms with Crippen LogP contribution in [-0.4, -0.2) is 104 Å². The largest absolute Gasteiger partial charge is 0.487 e.